The molecule has 0 unspecified atom stereocenters. The molecule has 0 fully saturated rings. The number of nitrogen functional groups attached to an aromatic ring is 1. The van der Waals surface area contributed by atoms with Crippen LogP contribution in [0, 0.1) is 11.7 Å². The third kappa shape index (κ3) is 3.72. The van der Waals surface area contributed by atoms with Gasteiger partial charge in [-0.15, -0.1) is 0 Å². The minimum Gasteiger partial charge on any atom is -0.397 e. The summed E-state index contributed by atoms with van der Waals surface area (Å²) in [5.41, 5.74) is 6.02. The number of anilines is 2. The zero-order valence-corrected chi connectivity index (χ0v) is 11.0. The van der Waals surface area contributed by atoms with Crippen LogP contribution >= 0.6 is 0 Å². The van der Waals surface area contributed by atoms with Gasteiger partial charge < -0.3 is 11.1 Å². The molecule has 0 radical (unpaired) electrons. The Balaban J connectivity index is 2.79. The Morgan fingerprint density at radius 3 is 2.44 bits per heavy atom. The van der Waals surface area contributed by atoms with Crippen LogP contribution < -0.4 is 11.1 Å². The molecule has 0 atom stereocenters. The molecule has 0 heterocycles. The topological polar surface area (TPSA) is 55.1 Å². The second kappa shape index (κ2) is 6.99. The average Bonchev–Trinajstić information content (AvgIpc) is 2.33. The summed E-state index contributed by atoms with van der Waals surface area (Å²) in [6, 6.07) is 4.39. The van der Waals surface area contributed by atoms with Crippen molar-refractivity contribution in [1.82, 2.24) is 0 Å². The Morgan fingerprint density at radius 1 is 1.33 bits per heavy atom. The molecule has 0 saturated heterocycles. The molecule has 18 heavy (non-hydrogen) atoms. The summed E-state index contributed by atoms with van der Waals surface area (Å²) >= 11 is 0. The highest BCUT2D eigenvalue weighted by molar-refractivity contribution is 5.95. The Kier molecular flexibility index (Phi) is 5.62. The van der Waals surface area contributed by atoms with Crippen LogP contribution in [-0.4, -0.2) is 5.91 Å². The van der Waals surface area contributed by atoms with Gasteiger partial charge in [0.15, 0.2) is 0 Å². The van der Waals surface area contributed by atoms with E-state index in [2.05, 4.69) is 5.32 Å². The molecule has 0 spiro atoms. The first-order valence-electron chi connectivity index (χ1n) is 6.45. The molecule has 0 aliphatic carbocycles. The highest BCUT2D eigenvalue weighted by atomic mass is 19.1. The fourth-order valence-electron chi connectivity index (χ4n) is 2.00. The first kappa shape index (κ1) is 14.5. The van der Waals surface area contributed by atoms with Crippen LogP contribution in [0.3, 0.4) is 0 Å². The van der Waals surface area contributed by atoms with Gasteiger partial charge in [-0.25, -0.2) is 4.39 Å². The van der Waals surface area contributed by atoms with Crippen molar-refractivity contribution in [3.05, 3.63) is 24.0 Å². The summed E-state index contributed by atoms with van der Waals surface area (Å²) in [6.45, 7) is 4.07. The number of halogens is 1. The largest absolute Gasteiger partial charge is 0.397 e. The summed E-state index contributed by atoms with van der Waals surface area (Å²) in [6.07, 6.45) is 3.50. The van der Waals surface area contributed by atoms with E-state index in [1.54, 1.807) is 6.07 Å². The molecule has 1 aromatic rings. The van der Waals surface area contributed by atoms with E-state index in [0.29, 0.717) is 0 Å². The van der Waals surface area contributed by atoms with Crippen molar-refractivity contribution in [2.75, 3.05) is 11.1 Å². The van der Waals surface area contributed by atoms with E-state index in [4.69, 9.17) is 5.73 Å². The SMILES string of the molecule is CCCC(CCC)C(=O)Nc1c(N)cccc1F. The molecule has 1 amide bonds. The Hall–Kier alpha value is -1.58. The lowest BCUT2D eigenvalue weighted by Crippen LogP contribution is -2.23. The average molecular weight is 252 g/mol. The molecule has 1 aromatic carbocycles. The smallest absolute Gasteiger partial charge is 0.227 e. The summed E-state index contributed by atoms with van der Waals surface area (Å²) in [5, 5.41) is 2.61. The van der Waals surface area contributed by atoms with Crippen LogP contribution in [0.25, 0.3) is 0 Å². The molecule has 0 saturated carbocycles. The number of hydrogen-bond donors (Lipinski definition) is 2. The van der Waals surface area contributed by atoms with Gasteiger partial charge in [0, 0.05) is 5.92 Å². The minimum atomic E-state index is -0.491. The fraction of sp³-hybridized carbons (Fsp3) is 0.500. The normalized spacial score (nSPS) is 10.7. The lowest BCUT2D eigenvalue weighted by atomic mass is 9.97. The highest BCUT2D eigenvalue weighted by Crippen LogP contribution is 2.24. The first-order valence-corrected chi connectivity index (χ1v) is 6.45. The minimum absolute atomic E-state index is 0.0704. The molecule has 0 bridgehead atoms. The number of nitrogens with two attached hydrogens (primary N) is 1. The summed E-state index contributed by atoms with van der Waals surface area (Å²) in [7, 11) is 0. The first-order chi connectivity index (χ1) is 8.60. The van der Waals surface area contributed by atoms with E-state index in [1.807, 2.05) is 13.8 Å². The molecule has 0 aromatic heterocycles. The number of amides is 1. The number of hydrogen-bond acceptors (Lipinski definition) is 2. The van der Waals surface area contributed by atoms with Gasteiger partial charge in [-0.3, -0.25) is 4.79 Å². The van der Waals surface area contributed by atoms with Gasteiger partial charge in [0.05, 0.1) is 5.69 Å². The van der Waals surface area contributed by atoms with Crippen LogP contribution in [0.4, 0.5) is 15.8 Å². The summed E-state index contributed by atoms with van der Waals surface area (Å²) in [4.78, 5) is 12.1. The fourth-order valence-corrected chi connectivity index (χ4v) is 2.00. The molecule has 1 rings (SSSR count). The van der Waals surface area contributed by atoms with Crippen molar-refractivity contribution < 1.29 is 9.18 Å². The molecule has 0 aliphatic heterocycles. The number of carbonyl (C=O) groups is 1. The van der Waals surface area contributed by atoms with Crippen LogP contribution in [0.1, 0.15) is 39.5 Å². The van der Waals surface area contributed by atoms with Crippen LogP contribution in [0.15, 0.2) is 18.2 Å². The Labute approximate surface area is 108 Å². The quantitative estimate of drug-likeness (QED) is 0.760. The molecular weight excluding hydrogens is 231 g/mol. The Morgan fingerprint density at radius 2 is 1.94 bits per heavy atom. The predicted molar refractivity (Wildman–Crippen MR) is 72.7 cm³/mol. The molecular formula is C14H21FN2O. The van der Waals surface area contributed by atoms with Crippen molar-refractivity contribution in [2.45, 2.75) is 39.5 Å². The van der Waals surface area contributed by atoms with Crippen molar-refractivity contribution >= 4 is 17.3 Å². The number of rotatable bonds is 6. The third-order valence-electron chi connectivity index (χ3n) is 2.94. The van der Waals surface area contributed by atoms with Gasteiger partial charge in [-0.1, -0.05) is 32.8 Å². The van der Waals surface area contributed by atoms with Gasteiger partial charge in [0.1, 0.15) is 11.5 Å². The van der Waals surface area contributed by atoms with Gasteiger partial charge in [0.25, 0.3) is 0 Å². The number of carbonyl (C=O) groups excluding carboxylic acids is 1. The molecule has 4 heteroatoms. The van der Waals surface area contributed by atoms with Gasteiger partial charge in [0.2, 0.25) is 5.91 Å². The number of nitrogens with one attached hydrogen (secondary N) is 1. The zero-order valence-electron chi connectivity index (χ0n) is 11.0. The highest BCUT2D eigenvalue weighted by Gasteiger charge is 2.18. The van der Waals surface area contributed by atoms with Crippen molar-refractivity contribution in [2.24, 2.45) is 5.92 Å². The maximum Gasteiger partial charge on any atom is 0.227 e. The second-order valence-corrected chi connectivity index (χ2v) is 4.47. The lowest BCUT2D eigenvalue weighted by Gasteiger charge is -2.16. The molecule has 100 valence electrons. The third-order valence-corrected chi connectivity index (χ3v) is 2.94. The van der Waals surface area contributed by atoms with E-state index >= 15 is 0 Å². The predicted octanol–water partition coefficient (Wildman–Crippen LogP) is 3.56. The van der Waals surface area contributed by atoms with Gasteiger partial charge in [-0.05, 0) is 25.0 Å². The zero-order chi connectivity index (χ0) is 13.5. The van der Waals surface area contributed by atoms with Gasteiger partial charge >= 0.3 is 0 Å². The number of para-hydroxylation sites is 1. The van der Waals surface area contributed by atoms with Crippen molar-refractivity contribution in [3.8, 4) is 0 Å². The lowest BCUT2D eigenvalue weighted by molar-refractivity contribution is -0.120. The summed E-state index contributed by atoms with van der Waals surface area (Å²) < 4.78 is 13.6. The Bertz CT molecular complexity index is 381. The molecule has 0 aliphatic rings. The number of benzene rings is 1. The maximum absolute atomic E-state index is 13.6. The van der Waals surface area contributed by atoms with E-state index in [9.17, 15) is 9.18 Å². The van der Waals surface area contributed by atoms with Crippen LogP contribution in [0.2, 0.25) is 0 Å². The van der Waals surface area contributed by atoms with Crippen molar-refractivity contribution in [3.63, 3.8) is 0 Å². The standard InChI is InChI=1S/C14H21FN2O/c1-3-6-10(7-4-2)14(18)17-13-11(15)8-5-9-12(13)16/h5,8-10H,3-4,6-7,16H2,1-2H3,(H,17,18). The summed E-state index contributed by atoms with van der Waals surface area (Å²) in [5.74, 6) is -0.704. The van der Waals surface area contributed by atoms with Crippen molar-refractivity contribution in [1.29, 1.82) is 0 Å². The van der Waals surface area contributed by atoms with E-state index in [1.165, 1.54) is 12.1 Å². The van der Waals surface area contributed by atoms with E-state index < -0.39 is 5.82 Å². The van der Waals surface area contributed by atoms with E-state index in [0.717, 1.165) is 25.7 Å². The van der Waals surface area contributed by atoms with Gasteiger partial charge in [-0.2, -0.15) is 0 Å². The molecule has 3 N–H and O–H groups in total. The van der Waals surface area contributed by atoms with E-state index in [-0.39, 0.29) is 23.2 Å². The van der Waals surface area contributed by atoms with Crippen LogP contribution in [-0.2, 0) is 4.79 Å². The van der Waals surface area contributed by atoms with Crippen LogP contribution in [0.5, 0.6) is 0 Å². The molecule has 3 nitrogen and oxygen atoms in total. The maximum atomic E-state index is 13.6. The second-order valence-electron chi connectivity index (χ2n) is 4.47. The monoisotopic (exact) mass is 252 g/mol.